The number of rotatable bonds is 3. The van der Waals surface area contributed by atoms with Crippen LogP contribution in [0.3, 0.4) is 0 Å². The van der Waals surface area contributed by atoms with Crippen LogP contribution in [0, 0.1) is 5.92 Å². The van der Waals surface area contributed by atoms with E-state index in [1.165, 1.54) is 25.7 Å². The van der Waals surface area contributed by atoms with Gasteiger partial charge >= 0.3 is 0 Å². The second-order valence-corrected chi connectivity index (χ2v) is 2.64. The van der Waals surface area contributed by atoms with Gasteiger partial charge in [0.25, 0.3) is 0 Å². The maximum Gasteiger partial charge on any atom is 0.0822 e. The zero-order valence-electron chi connectivity index (χ0n) is 5.23. The molecule has 8 heavy (non-hydrogen) atoms. The summed E-state index contributed by atoms with van der Waals surface area (Å²) in [5, 5.41) is 9.97. The molecule has 1 aliphatic carbocycles. The van der Waals surface area contributed by atoms with Crippen LogP contribution in [0.15, 0.2) is 0 Å². The molecule has 1 saturated carbocycles. The van der Waals surface area contributed by atoms with Gasteiger partial charge in [0, 0.05) is 0 Å². The van der Waals surface area contributed by atoms with Crippen LogP contribution >= 0.6 is 0 Å². The Balaban J connectivity index is 1.86. The third-order valence-corrected chi connectivity index (χ3v) is 1.98. The molecule has 47 valence electrons. The minimum Gasteiger partial charge on any atom is -0.237 e. The Morgan fingerprint density at radius 2 is 2.12 bits per heavy atom. The second-order valence-electron chi connectivity index (χ2n) is 2.64. The molecule has 0 bridgehead atoms. The first-order valence-electron chi connectivity index (χ1n) is 3.51. The van der Waals surface area contributed by atoms with Gasteiger partial charge in [0.1, 0.15) is 0 Å². The second kappa shape index (κ2) is 3.08. The van der Waals surface area contributed by atoms with Crippen LogP contribution in [0.4, 0.5) is 0 Å². The maximum atomic E-state index is 9.97. The van der Waals surface area contributed by atoms with Crippen LogP contribution in [0.25, 0.3) is 0 Å². The maximum absolute atomic E-state index is 9.97. The van der Waals surface area contributed by atoms with Gasteiger partial charge in [-0.05, 0) is 18.8 Å². The lowest BCUT2D eigenvalue weighted by atomic mass is 9.82. The highest BCUT2D eigenvalue weighted by molar-refractivity contribution is 4.68. The van der Waals surface area contributed by atoms with Crippen LogP contribution < -0.4 is 0 Å². The standard InChI is InChI=1S/C7H13O/c8-6-2-5-7-3-1-4-7/h7H,1-6H2. The molecule has 0 aromatic rings. The van der Waals surface area contributed by atoms with Crippen molar-refractivity contribution in [2.75, 3.05) is 6.61 Å². The predicted octanol–water partition coefficient (Wildman–Crippen LogP) is 2.00. The summed E-state index contributed by atoms with van der Waals surface area (Å²) in [7, 11) is 0. The zero-order chi connectivity index (χ0) is 5.82. The molecule has 0 amide bonds. The molecule has 1 radical (unpaired) electrons. The quantitative estimate of drug-likeness (QED) is 0.533. The summed E-state index contributed by atoms with van der Waals surface area (Å²) in [5.41, 5.74) is 0. The van der Waals surface area contributed by atoms with Gasteiger partial charge in [-0.3, -0.25) is 0 Å². The molecule has 1 heteroatoms. The lowest BCUT2D eigenvalue weighted by Crippen LogP contribution is -2.10. The van der Waals surface area contributed by atoms with Gasteiger partial charge in [0.2, 0.25) is 0 Å². The molecule has 0 aliphatic heterocycles. The van der Waals surface area contributed by atoms with E-state index in [2.05, 4.69) is 0 Å². The molecular weight excluding hydrogens is 100 g/mol. The first-order valence-corrected chi connectivity index (χ1v) is 3.51. The SMILES string of the molecule is [O]CCCC1CCC1. The average molecular weight is 113 g/mol. The van der Waals surface area contributed by atoms with E-state index < -0.39 is 0 Å². The number of hydrogen-bond donors (Lipinski definition) is 0. The summed E-state index contributed by atoms with van der Waals surface area (Å²) in [6, 6.07) is 0. The van der Waals surface area contributed by atoms with E-state index in [4.69, 9.17) is 0 Å². The Kier molecular flexibility index (Phi) is 2.34. The van der Waals surface area contributed by atoms with Crippen molar-refractivity contribution in [3.05, 3.63) is 0 Å². The molecule has 0 heterocycles. The van der Waals surface area contributed by atoms with Crippen molar-refractivity contribution in [1.29, 1.82) is 0 Å². The molecule has 0 aromatic carbocycles. The summed E-state index contributed by atoms with van der Waals surface area (Å²) in [5.74, 6) is 0.934. The van der Waals surface area contributed by atoms with Gasteiger partial charge in [-0.25, -0.2) is 5.11 Å². The first-order chi connectivity index (χ1) is 3.93. The summed E-state index contributed by atoms with van der Waals surface area (Å²) >= 11 is 0. The first kappa shape index (κ1) is 6.09. The minimum absolute atomic E-state index is 0.135. The van der Waals surface area contributed by atoms with E-state index >= 15 is 0 Å². The normalized spacial score (nSPS) is 20.6. The summed E-state index contributed by atoms with van der Waals surface area (Å²) in [6.07, 6.45) is 6.29. The third-order valence-electron chi connectivity index (χ3n) is 1.98. The van der Waals surface area contributed by atoms with Crippen molar-refractivity contribution in [2.24, 2.45) is 5.92 Å². The molecule has 0 spiro atoms. The van der Waals surface area contributed by atoms with Crippen molar-refractivity contribution in [3.63, 3.8) is 0 Å². The molecule has 0 aromatic heterocycles. The van der Waals surface area contributed by atoms with Crippen LogP contribution in [0.1, 0.15) is 32.1 Å². The largest absolute Gasteiger partial charge is 0.237 e. The van der Waals surface area contributed by atoms with E-state index in [1.807, 2.05) is 0 Å². The van der Waals surface area contributed by atoms with Gasteiger partial charge in [-0.15, -0.1) is 0 Å². The van der Waals surface area contributed by atoms with Crippen molar-refractivity contribution in [3.8, 4) is 0 Å². The Morgan fingerprint density at radius 1 is 1.38 bits per heavy atom. The van der Waals surface area contributed by atoms with E-state index in [9.17, 15) is 5.11 Å². The molecule has 0 saturated heterocycles. The highest BCUT2D eigenvalue weighted by Gasteiger charge is 2.15. The molecular formula is C7H13O. The zero-order valence-corrected chi connectivity index (χ0v) is 5.23. The molecule has 1 fully saturated rings. The van der Waals surface area contributed by atoms with Crippen molar-refractivity contribution in [2.45, 2.75) is 32.1 Å². The molecule has 0 unspecified atom stereocenters. The van der Waals surface area contributed by atoms with E-state index in [-0.39, 0.29) is 6.61 Å². The van der Waals surface area contributed by atoms with Gasteiger partial charge < -0.3 is 0 Å². The summed E-state index contributed by atoms with van der Waals surface area (Å²) in [6.45, 7) is 0.135. The van der Waals surface area contributed by atoms with Gasteiger partial charge in [0.15, 0.2) is 0 Å². The van der Waals surface area contributed by atoms with Crippen LogP contribution in [0.5, 0.6) is 0 Å². The molecule has 0 N–H and O–H groups in total. The fourth-order valence-electron chi connectivity index (χ4n) is 1.15. The molecule has 1 aliphatic rings. The fourth-order valence-corrected chi connectivity index (χ4v) is 1.15. The fraction of sp³-hybridized carbons (Fsp3) is 1.00. The highest BCUT2D eigenvalue weighted by Crippen LogP contribution is 2.29. The average Bonchev–Trinajstić information content (AvgIpc) is 1.63. The monoisotopic (exact) mass is 113 g/mol. The number of hydrogen-bond acceptors (Lipinski definition) is 0. The topological polar surface area (TPSA) is 19.9 Å². The van der Waals surface area contributed by atoms with E-state index in [0.717, 1.165) is 12.3 Å². The summed E-state index contributed by atoms with van der Waals surface area (Å²) < 4.78 is 0. The van der Waals surface area contributed by atoms with E-state index in [1.54, 1.807) is 0 Å². The van der Waals surface area contributed by atoms with Gasteiger partial charge in [-0.1, -0.05) is 19.3 Å². The Labute approximate surface area is 50.7 Å². The predicted molar refractivity (Wildman–Crippen MR) is 32.1 cm³/mol. The van der Waals surface area contributed by atoms with Crippen LogP contribution in [0.2, 0.25) is 0 Å². The third kappa shape index (κ3) is 1.48. The Bertz CT molecular complexity index is 57.4. The van der Waals surface area contributed by atoms with Crippen molar-refractivity contribution in [1.82, 2.24) is 0 Å². The lowest BCUT2D eigenvalue weighted by molar-refractivity contribution is 0.169. The van der Waals surface area contributed by atoms with Crippen LogP contribution in [-0.2, 0) is 5.11 Å². The van der Waals surface area contributed by atoms with Crippen molar-refractivity contribution >= 4 is 0 Å². The molecule has 1 rings (SSSR count). The summed E-state index contributed by atoms with van der Waals surface area (Å²) in [4.78, 5) is 0. The van der Waals surface area contributed by atoms with Gasteiger partial charge in [0.05, 0.1) is 6.61 Å². The highest BCUT2D eigenvalue weighted by atomic mass is 16.2. The van der Waals surface area contributed by atoms with Gasteiger partial charge in [-0.2, -0.15) is 0 Å². The van der Waals surface area contributed by atoms with Crippen molar-refractivity contribution < 1.29 is 5.11 Å². The molecule has 0 atom stereocenters. The van der Waals surface area contributed by atoms with Crippen LogP contribution in [-0.4, -0.2) is 6.61 Å². The lowest BCUT2D eigenvalue weighted by Gasteiger charge is -2.24. The van der Waals surface area contributed by atoms with E-state index in [0.29, 0.717) is 0 Å². The molecule has 1 nitrogen and oxygen atoms in total. The minimum atomic E-state index is 0.135. The smallest absolute Gasteiger partial charge is 0.0822 e. The Morgan fingerprint density at radius 3 is 2.50 bits per heavy atom. The Hall–Kier alpha value is -0.0400.